The molecule has 0 spiro atoms. The SMILES string of the molecule is C=CC1=C(C)C2=NC1=CC1=NC(=CC3=C(C)C4=C(O)C(C(=O)OC)C(=C5NC(=C2)C(C)[C@@H]5CCC(=O)OC/C=C(\C)CCC[C@H](C)CCCC(C)CCCC(C)C)C4=N3)C(CC)=C1OC. The Labute approximate surface area is 388 Å². The highest BCUT2D eigenvalue weighted by molar-refractivity contribution is 6.24. The quantitative estimate of drug-likeness (QED) is 0.0866. The first kappa shape index (κ1) is 49.2. The van der Waals surface area contributed by atoms with E-state index in [1.54, 1.807) is 7.11 Å². The average molecular weight is 887 g/mol. The highest BCUT2D eigenvalue weighted by Crippen LogP contribution is 2.49. The molecule has 6 rings (SSSR count). The van der Waals surface area contributed by atoms with Crippen molar-refractivity contribution in [2.75, 3.05) is 20.8 Å². The lowest BCUT2D eigenvalue weighted by Gasteiger charge is -2.20. The number of nitrogens with zero attached hydrogens (tertiary/aromatic N) is 3. The number of fused-ring (bicyclic) bond motifs is 5. The van der Waals surface area contributed by atoms with Gasteiger partial charge in [0.1, 0.15) is 29.8 Å². The number of hydrogen-bond donors (Lipinski definition) is 2. The minimum Gasteiger partial charge on any atom is -0.510 e. The Morgan fingerprint density at radius 1 is 0.892 bits per heavy atom. The number of rotatable bonds is 21. The van der Waals surface area contributed by atoms with Crippen molar-refractivity contribution in [1.82, 2.24) is 5.32 Å². The van der Waals surface area contributed by atoms with Gasteiger partial charge in [-0.3, -0.25) is 9.59 Å². The van der Waals surface area contributed by atoms with E-state index in [9.17, 15) is 14.7 Å². The molecule has 10 nitrogen and oxygen atoms in total. The summed E-state index contributed by atoms with van der Waals surface area (Å²) in [6, 6.07) is 0. The van der Waals surface area contributed by atoms with Crippen LogP contribution in [0.25, 0.3) is 0 Å². The number of aliphatic hydroxyl groups excluding tert-OH is 1. The number of aliphatic hydroxyl groups is 1. The summed E-state index contributed by atoms with van der Waals surface area (Å²) in [5, 5.41) is 15.6. The molecule has 5 aliphatic heterocycles. The van der Waals surface area contributed by atoms with Gasteiger partial charge >= 0.3 is 11.9 Å². The van der Waals surface area contributed by atoms with Crippen molar-refractivity contribution in [2.45, 2.75) is 139 Å². The van der Waals surface area contributed by atoms with Crippen LogP contribution >= 0.6 is 0 Å². The van der Waals surface area contributed by atoms with Gasteiger partial charge in [-0.15, -0.1) is 0 Å². The molecule has 0 radical (unpaired) electrons. The van der Waals surface area contributed by atoms with E-state index >= 15 is 0 Å². The molecule has 10 heteroatoms. The number of methoxy groups -OCH3 is 2. The van der Waals surface area contributed by atoms with Crippen LogP contribution in [0.2, 0.25) is 0 Å². The molecule has 5 heterocycles. The molecule has 1 saturated heterocycles. The summed E-state index contributed by atoms with van der Waals surface area (Å²) in [6.07, 6.45) is 22.3. The van der Waals surface area contributed by atoms with Crippen molar-refractivity contribution in [3.05, 3.63) is 116 Å². The molecule has 0 aromatic rings. The van der Waals surface area contributed by atoms with Gasteiger partial charge in [0.25, 0.3) is 0 Å². The maximum atomic E-state index is 13.7. The van der Waals surface area contributed by atoms with Gasteiger partial charge in [0, 0.05) is 51.9 Å². The van der Waals surface area contributed by atoms with Crippen LogP contribution in [0.4, 0.5) is 0 Å². The van der Waals surface area contributed by atoms with Gasteiger partial charge in [-0.05, 0) is 99.7 Å². The summed E-state index contributed by atoms with van der Waals surface area (Å²) in [4.78, 5) is 42.4. The molecule has 0 saturated carbocycles. The van der Waals surface area contributed by atoms with Gasteiger partial charge in [0.15, 0.2) is 0 Å². The van der Waals surface area contributed by atoms with E-state index in [2.05, 4.69) is 60.4 Å². The second kappa shape index (κ2) is 21.8. The average Bonchev–Trinajstić information content (AvgIpc) is 4.02. The summed E-state index contributed by atoms with van der Waals surface area (Å²) in [7, 11) is 2.97. The third kappa shape index (κ3) is 10.9. The highest BCUT2D eigenvalue weighted by Gasteiger charge is 2.49. The largest absolute Gasteiger partial charge is 0.510 e. The predicted octanol–water partition coefficient (Wildman–Crippen LogP) is 12.5. The Morgan fingerprint density at radius 3 is 2.22 bits per heavy atom. The molecule has 8 bridgehead atoms. The zero-order valence-electron chi connectivity index (χ0n) is 41.1. The first-order valence-corrected chi connectivity index (χ1v) is 24.2. The van der Waals surface area contributed by atoms with E-state index in [0.29, 0.717) is 58.5 Å². The van der Waals surface area contributed by atoms with E-state index < -0.39 is 11.9 Å². The lowest BCUT2D eigenvalue weighted by Crippen LogP contribution is -2.25. The standard InChI is InChI=1S/C55H74N4O6/c1-13-38-35(8)41-28-42-36(9)40(24-25-47(60)65-27-26-34(7)23-17-22-33(6)21-16-20-32(5)19-15-18-31(3)4)51(58-42)49-50(55(62)64-12)53(61)48-37(10)43(59-52(48)49)29-45-39(14-2)54(63-11)46(57-45)30-44(38)56-41/h13,26,28-33,36,40,50,58,61H,1,14-25,27H2,2-12H3/b34-26+,42-28?,44-30?,45-29?,51-49?/t32?,33-,36?,40+,50?/m1/s1. The number of esters is 2. The Hall–Kier alpha value is -5.25. The number of carbonyl (C=O) groups is 2. The second-order valence-corrected chi connectivity index (χ2v) is 19.4. The number of aliphatic imine (C=N–C) groups is 3. The monoisotopic (exact) mass is 887 g/mol. The van der Waals surface area contributed by atoms with Crippen LogP contribution in [-0.4, -0.2) is 55.0 Å². The zero-order chi connectivity index (χ0) is 47.1. The van der Waals surface area contributed by atoms with E-state index in [-0.39, 0.29) is 36.6 Å². The molecule has 2 N–H and O–H groups in total. The summed E-state index contributed by atoms with van der Waals surface area (Å²) in [5.41, 5.74) is 11.3. The Balaban J connectivity index is 1.21. The van der Waals surface area contributed by atoms with E-state index in [1.807, 2.05) is 44.2 Å². The van der Waals surface area contributed by atoms with Crippen LogP contribution in [0.3, 0.4) is 0 Å². The Kier molecular flexibility index (Phi) is 16.5. The lowest BCUT2D eigenvalue weighted by molar-refractivity contribution is -0.144. The van der Waals surface area contributed by atoms with Gasteiger partial charge in [-0.2, -0.15) is 0 Å². The maximum absolute atomic E-state index is 13.7. The predicted molar refractivity (Wildman–Crippen MR) is 263 cm³/mol. The van der Waals surface area contributed by atoms with Gasteiger partial charge in [0.2, 0.25) is 0 Å². The third-order valence-corrected chi connectivity index (χ3v) is 14.2. The van der Waals surface area contributed by atoms with Crippen molar-refractivity contribution in [3.8, 4) is 0 Å². The molecular weight excluding hydrogens is 813 g/mol. The van der Waals surface area contributed by atoms with Crippen LogP contribution in [0.1, 0.15) is 139 Å². The van der Waals surface area contributed by atoms with Gasteiger partial charge in [-0.25, -0.2) is 15.0 Å². The van der Waals surface area contributed by atoms with E-state index in [0.717, 1.165) is 69.8 Å². The van der Waals surface area contributed by atoms with Crippen molar-refractivity contribution < 1.29 is 28.9 Å². The number of hydrogen-bond acceptors (Lipinski definition) is 10. The van der Waals surface area contributed by atoms with Crippen LogP contribution in [0, 0.1) is 35.5 Å². The first-order chi connectivity index (χ1) is 31.1. The van der Waals surface area contributed by atoms with Gasteiger partial charge < -0.3 is 24.6 Å². The zero-order valence-corrected chi connectivity index (χ0v) is 41.1. The van der Waals surface area contributed by atoms with E-state index in [4.69, 9.17) is 29.2 Å². The molecule has 6 aliphatic rings. The lowest BCUT2D eigenvalue weighted by atomic mass is 9.84. The summed E-state index contributed by atoms with van der Waals surface area (Å²) in [5.74, 6) is 0.534. The number of carbonyl (C=O) groups excluding carboxylic acids is 2. The molecule has 3 unspecified atom stereocenters. The molecule has 350 valence electrons. The molecule has 0 amide bonds. The van der Waals surface area contributed by atoms with Crippen LogP contribution in [0.5, 0.6) is 0 Å². The number of nitrogens with one attached hydrogen (secondary N) is 1. The van der Waals surface area contributed by atoms with Gasteiger partial charge in [-0.1, -0.05) is 105 Å². The molecular formula is C55H74N4O6. The summed E-state index contributed by atoms with van der Waals surface area (Å²) < 4.78 is 17.1. The van der Waals surface area contributed by atoms with Crippen molar-refractivity contribution >= 4 is 29.1 Å². The van der Waals surface area contributed by atoms with E-state index in [1.165, 1.54) is 57.6 Å². The van der Waals surface area contributed by atoms with Crippen LogP contribution < -0.4 is 5.32 Å². The summed E-state index contributed by atoms with van der Waals surface area (Å²) in [6.45, 7) is 24.0. The summed E-state index contributed by atoms with van der Waals surface area (Å²) >= 11 is 0. The van der Waals surface area contributed by atoms with Gasteiger partial charge in [0.05, 0.1) is 42.7 Å². The minimum absolute atomic E-state index is 0.106. The van der Waals surface area contributed by atoms with Crippen molar-refractivity contribution in [2.24, 2.45) is 50.5 Å². The molecule has 1 fully saturated rings. The van der Waals surface area contributed by atoms with Crippen LogP contribution in [-0.2, 0) is 23.8 Å². The fourth-order valence-corrected chi connectivity index (χ4v) is 10.2. The Morgan fingerprint density at radius 2 is 1.57 bits per heavy atom. The third-order valence-electron chi connectivity index (χ3n) is 14.2. The number of ether oxygens (including phenoxy) is 3. The van der Waals surface area contributed by atoms with Crippen molar-refractivity contribution in [1.29, 1.82) is 0 Å². The molecule has 1 aliphatic carbocycles. The second-order valence-electron chi connectivity index (χ2n) is 19.4. The molecule has 5 atom stereocenters. The highest BCUT2D eigenvalue weighted by atomic mass is 16.5. The van der Waals surface area contributed by atoms with Crippen molar-refractivity contribution in [3.63, 3.8) is 0 Å². The number of allylic oxidation sites excluding steroid dienone is 11. The minimum atomic E-state index is -1.10. The van der Waals surface area contributed by atoms with Crippen LogP contribution in [0.15, 0.2) is 131 Å². The fourth-order valence-electron chi connectivity index (χ4n) is 10.2. The topological polar surface area (TPSA) is 131 Å². The molecule has 65 heavy (non-hydrogen) atoms. The normalized spacial score (nSPS) is 22.5. The maximum Gasteiger partial charge on any atom is 0.321 e. The molecule has 0 aromatic heterocycles. The fraction of sp³-hybridized carbons (Fsp3) is 0.545. The molecule has 0 aromatic carbocycles. The Bertz CT molecular complexity index is 2320. The smallest absolute Gasteiger partial charge is 0.321 e. The first-order valence-electron chi connectivity index (χ1n) is 24.2.